The fourth-order valence-electron chi connectivity index (χ4n) is 2.62. The average Bonchev–Trinajstić information content (AvgIpc) is 2.45. The lowest BCUT2D eigenvalue weighted by molar-refractivity contribution is 0.569. The maximum absolute atomic E-state index is 4.83. The number of para-hydroxylation sites is 1. The van der Waals surface area contributed by atoms with Gasteiger partial charge in [0.05, 0.1) is 5.36 Å². The van der Waals surface area contributed by atoms with Gasteiger partial charge in [-0.3, -0.25) is 0 Å². The predicted molar refractivity (Wildman–Crippen MR) is 88.0 cm³/mol. The van der Waals surface area contributed by atoms with Gasteiger partial charge in [0.25, 0.3) is 0 Å². The predicted octanol–water partition coefficient (Wildman–Crippen LogP) is 1.82. The molecule has 3 aliphatic heterocycles. The van der Waals surface area contributed by atoms with Crippen LogP contribution in [0.1, 0.15) is 27.7 Å². The van der Waals surface area contributed by atoms with Gasteiger partial charge in [-0.25, -0.2) is 19.9 Å². The van der Waals surface area contributed by atoms with Gasteiger partial charge in [0.15, 0.2) is 5.82 Å². The molecule has 1 aromatic carbocycles. The summed E-state index contributed by atoms with van der Waals surface area (Å²) in [5, 5.41) is 1.96. The lowest BCUT2D eigenvalue weighted by Crippen LogP contribution is -2.45. The Morgan fingerprint density at radius 3 is 2.50 bits per heavy atom. The van der Waals surface area contributed by atoms with Crippen LogP contribution in [0.3, 0.4) is 0 Å². The van der Waals surface area contributed by atoms with Gasteiger partial charge in [0, 0.05) is 22.4 Å². The van der Waals surface area contributed by atoms with Crippen LogP contribution in [0.4, 0.5) is 0 Å². The van der Waals surface area contributed by atoms with Gasteiger partial charge in [-0.2, -0.15) is 4.99 Å². The first-order valence-corrected chi connectivity index (χ1v) is 7.36. The van der Waals surface area contributed by atoms with Gasteiger partial charge in [-0.05, 0) is 19.1 Å². The fourth-order valence-corrected chi connectivity index (χ4v) is 2.62. The van der Waals surface area contributed by atoms with Gasteiger partial charge in [0.1, 0.15) is 11.7 Å². The van der Waals surface area contributed by atoms with E-state index < -0.39 is 0 Å². The van der Waals surface area contributed by atoms with Crippen LogP contribution in [0.5, 0.6) is 0 Å². The molecule has 110 valence electrons. The third-order valence-corrected chi connectivity index (χ3v) is 3.72. The molecular weight excluding hydrogens is 274 g/mol. The van der Waals surface area contributed by atoms with Crippen molar-refractivity contribution in [2.45, 2.75) is 27.7 Å². The van der Waals surface area contributed by atoms with Crippen LogP contribution in [0.25, 0.3) is 5.82 Å². The summed E-state index contributed by atoms with van der Waals surface area (Å²) in [6, 6.07) is 8.06. The molecule has 0 spiro atoms. The van der Waals surface area contributed by atoms with Gasteiger partial charge in [-0.1, -0.05) is 32.9 Å². The quantitative estimate of drug-likeness (QED) is 0.719. The normalized spacial score (nSPS) is 19.3. The molecule has 3 aliphatic rings. The number of benzene rings is 1. The van der Waals surface area contributed by atoms with Crippen LogP contribution in [0.2, 0.25) is 0 Å². The first kappa shape index (κ1) is 13.1. The fraction of sp³-hybridized carbons (Fsp3) is 0.294. The van der Waals surface area contributed by atoms with E-state index >= 15 is 0 Å². The van der Waals surface area contributed by atoms with E-state index in [9.17, 15) is 0 Å². The van der Waals surface area contributed by atoms with Crippen molar-refractivity contribution in [2.24, 2.45) is 25.4 Å². The highest BCUT2D eigenvalue weighted by Gasteiger charge is 2.33. The monoisotopic (exact) mass is 291 g/mol. The second-order valence-electron chi connectivity index (χ2n) is 6.64. The molecule has 0 aromatic heterocycles. The molecule has 0 radical (unpaired) electrons. The Hall–Kier alpha value is -2.56. The minimum Gasteiger partial charge on any atom is -0.245 e. The summed E-state index contributed by atoms with van der Waals surface area (Å²) in [7, 11) is 0. The maximum Gasteiger partial charge on any atom is 0.239 e. The molecular formula is C17H17N5. The van der Waals surface area contributed by atoms with Crippen molar-refractivity contribution >= 4 is 23.3 Å². The molecule has 0 atom stereocenters. The third-order valence-electron chi connectivity index (χ3n) is 3.72. The van der Waals surface area contributed by atoms with Crippen molar-refractivity contribution in [1.29, 1.82) is 0 Å². The molecule has 3 heterocycles. The van der Waals surface area contributed by atoms with E-state index in [4.69, 9.17) is 9.98 Å². The minimum atomic E-state index is -0.139. The Morgan fingerprint density at radius 1 is 0.955 bits per heavy atom. The Bertz CT molecular complexity index is 923. The van der Waals surface area contributed by atoms with Gasteiger partial charge < -0.3 is 0 Å². The van der Waals surface area contributed by atoms with E-state index in [1.807, 2.05) is 42.2 Å². The van der Waals surface area contributed by atoms with Crippen molar-refractivity contribution in [1.82, 2.24) is 4.90 Å². The van der Waals surface area contributed by atoms with Crippen molar-refractivity contribution in [3.63, 3.8) is 0 Å². The molecule has 5 nitrogen and oxygen atoms in total. The number of hydrogen-bond acceptors (Lipinski definition) is 5. The zero-order valence-electron chi connectivity index (χ0n) is 13.1. The molecule has 1 aromatic rings. The van der Waals surface area contributed by atoms with E-state index in [-0.39, 0.29) is 5.41 Å². The summed E-state index contributed by atoms with van der Waals surface area (Å²) < 4.78 is 0. The molecule has 0 saturated heterocycles. The van der Waals surface area contributed by atoms with Gasteiger partial charge in [-0.15, -0.1) is 0 Å². The topological polar surface area (TPSA) is 52.7 Å². The lowest BCUT2D eigenvalue weighted by atomic mass is 9.95. The summed E-state index contributed by atoms with van der Waals surface area (Å²) in [4.78, 5) is 20.7. The first-order chi connectivity index (χ1) is 10.4. The number of fused-ring (bicyclic) bond motifs is 1. The summed E-state index contributed by atoms with van der Waals surface area (Å²) in [5.74, 6) is 3.14. The largest absolute Gasteiger partial charge is 0.245 e. The minimum absolute atomic E-state index is 0.139. The number of rotatable bonds is 0. The first-order valence-electron chi connectivity index (χ1n) is 7.36. The van der Waals surface area contributed by atoms with E-state index in [1.165, 1.54) is 0 Å². The summed E-state index contributed by atoms with van der Waals surface area (Å²) in [6.07, 6.45) is 1.96. The van der Waals surface area contributed by atoms with Crippen molar-refractivity contribution in [3.05, 3.63) is 46.7 Å². The number of allylic oxidation sites excluding steroid dienone is 1. The summed E-state index contributed by atoms with van der Waals surface area (Å²) >= 11 is 0. The lowest BCUT2D eigenvalue weighted by Gasteiger charge is -2.33. The molecule has 0 saturated carbocycles. The van der Waals surface area contributed by atoms with E-state index in [0.717, 1.165) is 33.8 Å². The highest BCUT2D eigenvalue weighted by molar-refractivity contribution is 6.13. The number of aliphatic imine (C=N–C) groups is 3. The smallest absolute Gasteiger partial charge is 0.239 e. The second-order valence-corrected chi connectivity index (χ2v) is 6.64. The number of amidine groups is 1. The second kappa shape index (κ2) is 4.22. The van der Waals surface area contributed by atoms with Crippen LogP contribution >= 0.6 is 0 Å². The Morgan fingerprint density at radius 2 is 1.73 bits per heavy atom. The summed E-state index contributed by atoms with van der Waals surface area (Å²) in [5.41, 5.74) is 0.767. The standard InChI is InChI=1S/C17H17N5/c1-10-9-13-19-12-8-6-5-7-11(12)14-20-15(17(2,3)4)21-16(18-10)22(13)14/h5-9H,1-4H3. The average molecular weight is 291 g/mol. The molecule has 22 heavy (non-hydrogen) atoms. The molecule has 0 aliphatic carbocycles. The van der Waals surface area contributed by atoms with E-state index in [1.54, 1.807) is 0 Å². The van der Waals surface area contributed by atoms with E-state index in [2.05, 4.69) is 30.8 Å². The Balaban J connectivity index is 2.11. The van der Waals surface area contributed by atoms with Crippen LogP contribution in [-0.2, 0) is 0 Å². The van der Waals surface area contributed by atoms with Crippen LogP contribution in [0.15, 0.2) is 56.1 Å². The van der Waals surface area contributed by atoms with E-state index in [0.29, 0.717) is 5.96 Å². The number of hydrogen-bond donors (Lipinski definition) is 0. The number of guanidine groups is 1. The summed E-state index contributed by atoms with van der Waals surface area (Å²) in [6.45, 7) is 8.30. The Labute approximate surface area is 128 Å². The van der Waals surface area contributed by atoms with Crippen molar-refractivity contribution in [2.75, 3.05) is 0 Å². The number of nitrogens with zero attached hydrogens (tertiary/aromatic N) is 5. The maximum atomic E-state index is 4.83. The molecule has 4 rings (SSSR count). The highest BCUT2D eigenvalue weighted by atomic mass is 15.4. The third kappa shape index (κ3) is 1.85. The van der Waals surface area contributed by atoms with Crippen molar-refractivity contribution < 1.29 is 0 Å². The van der Waals surface area contributed by atoms with Crippen LogP contribution < -0.4 is 10.6 Å². The molecule has 0 unspecified atom stereocenters. The highest BCUT2D eigenvalue weighted by Crippen LogP contribution is 2.29. The molecule has 0 fully saturated rings. The molecule has 0 amide bonds. The van der Waals surface area contributed by atoms with Gasteiger partial charge in [0.2, 0.25) is 5.96 Å². The Kier molecular flexibility index (Phi) is 2.52. The molecule has 0 bridgehead atoms. The zero-order valence-corrected chi connectivity index (χ0v) is 13.1. The van der Waals surface area contributed by atoms with Gasteiger partial charge >= 0.3 is 0 Å². The SMILES string of the molecule is CC1=NC2=NC(C(C)(C)C)=NC3=c4ccccc4=NC(=C1)N23. The molecule has 5 heteroatoms. The zero-order chi connectivity index (χ0) is 15.5. The van der Waals surface area contributed by atoms with Crippen LogP contribution in [0, 0.1) is 5.41 Å². The van der Waals surface area contributed by atoms with Crippen molar-refractivity contribution in [3.8, 4) is 0 Å². The van der Waals surface area contributed by atoms with Crippen LogP contribution in [-0.4, -0.2) is 22.4 Å². The molecule has 0 N–H and O–H groups in total.